The van der Waals surface area contributed by atoms with Crippen LogP contribution in [0.15, 0.2) is 0 Å². The molecular formula is C11H22N4O2. The average molecular weight is 242 g/mol. The molecule has 0 aromatic heterocycles. The number of hydrogen-bond acceptors (Lipinski definition) is 4. The Bertz CT molecular complexity index is 246. The van der Waals surface area contributed by atoms with Gasteiger partial charge in [-0.1, -0.05) is 13.8 Å². The van der Waals surface area contributed by atoms with E-state index in [1.165, 1.54) is 0 Å². The molecule has 0 aliphatic carbocycles. The van der Waals surface area contributed by atoms with Gasteiger partial charge in [-0.25, -0.2) is 0 Å². The maximum atomic E-state index is 11.4. The lowest BCUT2D eigenvalue weighted by Gasteiger charge is -2.35. The summed E-state index contributed by atoms with van der Waals surface area (Å²) in [7, 11) is 0. The standard InChI is InChI=1S/C11H22N4O2/c1-3-9(16)13-11(14-10(17)4-2)15-7-5-12-6-8-15/h11-12H,3-8H2,1-2H3,(H,13,16)(H,14,17). The Morgan fingerprint density at radius 1 is 1.12 bits per heavy atom. The third-order valence-corrected chi connectivity index (χ3v) is 2.75. The van der Waals surface area contributed by atoms with Gasteiger partial charge in [-0.15, -0.1) is 0 Å². The number of amides is 2. The molecule has 6 nitrogen and oxygen atoms in total. The van der Waals surface area contributed by atoms with Gasteiger partial charge >= 0.3 is 0 Å². The number of carbonyl (C=O) groups excluding carboxylic acids is 2. The molecule has 0 aromatic carbocycles. The maximum absolute atomic E-state index is 11.4. The third-order valence-electron chi connectivity index (χ3n) is 2.75. The second-order valence-electron chi connectivity index (χ2n) is 4.03. The van der Waals surface area contributed by atoms with E-state index in [9.17, 15) is 9.59 Å². The molecule has 3 N–H and O–H groups in total. The molecule has 1 saturated heterocycles. The predicted molar refractivity (Wildman–Crippen MR) is 65.1 cm³/mol. The number of carbonyl (C=O) groups is 2. The lowest BCUT2D eigenvalue weighted by atomic mass is 10.3. The van der Waals surface area contributed by atoms with E-state index in [-0.39, 0.29) is 18.1 Å². The highest BCUT2D eigenvalue weighted by molar-refractivity contribution is 5.78. The zero-order valence-electron chi connectivity index (χ0n) is 10.6. The van der Waals surface area contributed by atoms with Crippen LogP contribution in [0.5, 0.6) is 0 Å². The van der Waals surface area contributed by atoms with Crippen LogP contribution in [0.3, 0.4) is 0 Å². The molecule has 0 radical (unpaired) electrons. The molecule has 1 rings (SSSR count). The van der Waals surface area contributed by atoms with Gasteiger partial charge in [-0.2, -0.15) is 0 Å². The normalized spacial score (nSPS) is 16.9. The lowest BCUT2D eigenvalue weighted by Crippen LogP contribution is -2.62. The highest BCUT2D eigenvalue weighted by Gasteiger charge is 2.22. The summed E-state index contributed by atoms with van der Waals surface area (Å²) >= 11 is 0. The Morgan fingerprint density at radius 2 is 1.59 bits per heavy atom. The van der Waals surface area contributed by atoms with Gasteiger partial charge in [-0.05, 0) is 0 Å². The minimum atomic E-state index is -0.378. The van der Waals surface area contributed by atoms with Crippen molar-refractivity contribution < 1.29 is 9.59 Å². The van der Waals surface area contributed by atoms with Crippen LogP contribution < -0.4 is 16.0 Å². The molecule has 1 heterocycles. The van der Waals surface area contributed by atoms with Crippen molar-refractivity contribution in [2.75, 3.05) is 26.2 Å². The third kappa shape index (κ3) is 4.70. The second kappa shape index (κ2) is 7.24. The molecule has 0 saturated carbocycles. The summed E-state index contributed by atoms with van der Waals surface area (Å²) in [6, 6.07) is 0. The van der Waals surface area contributed by atoms with Crippen LogP contribution in [-0.2, 0) is 9.59 Å². The van der Waals surface area contributed by atoms with Crippen LogP contribution in [0.1, 0.15) is 26.7 Å². The Labute approximate surface area is 102 Å². The van der Waals surface area contributed by atoms with Crippen molar-refractivity contribution in [1.29, 1.82) is 0 Å². The van der Waals surface area contributed by atoms with Crippen LogP contribution in [-0.4, -0.2) is 49.2 Å². The molecule has 0 atom stereocenters. The van der Waals surface area contributed by atoms with Crippen LogP contribution in [0.4, 0.5) is 0 Å². The van der Waals surface area contributed by atoms with E-state index < -0.39 is 0 Å². The van der Waals surface area contributed by atoms with E-state index in [2.05, 4.69) is 20.9 Å². The van der Waals surface area contributed by atoms with E-state index in [0.717, 1.165) is 26.2 Å². The largest absolute Gasteiger partial charge is 0.323 e. The summed E-state index contributed by atoms with van der Waals surface area (Å²) in [5.74, 6) is -0.102. The molecular weight excluding hydrogens is 220 g/mol. The molecule has 1 aliphatic rings. The van der Waals surface area contributed by atoms with Gasteiger partial charge in [0, 0.05) is 39.0 Å². The van der Waals surface area contributed by atoms with E-state index in [1.54, 1.807) is 13.8 Å². The van der Waals surface area contributed by atoms with Gasteiger partial charge in [0.15, 0.2) is 6.29 Å². The van der Waals surface area contributed by atoms with Gasteiger partial charge < -0.3 is 16.0 Å². The highest BCUT2D eigenvalue weighted by Crippen LogP contribution is 1.97. The summed E-state index contributed by atoms with van der Waals surface area (Å²) in [6.07, 6.45) is 0.465. The minimum Gasteiger partial charge on any atom is -0.323 e. The lowest BCUT2D eigenvalue weighted by molar-refractivity contribution is -0.127. The quantitative estimate of drug-likeness (QED) is 0.553. The maximum Gasteiger partial charge on any atom is 0.222 e. The summed E-state index contributed by atoms with van der Waals surface area (Å²) in [5, 5.41) is 8.89. The summed E-state index contributed by atoms with van der Waals surface area (Å²) in [5.41, 5.74) is 0. The molecule has 2 amide bonds. The molecule has 0 bridgehead atoms. The first kappa shape index (κ1) is 13.9. The van der Waals surface area contributed by atoms with Gasteiger partial charge in [0.25, 0.3) is 0 Å². The Kier molecular flexibility index (Phi) is 5.93. The first-order valence-electron chi connectivity index (χ1n) is 6.20. The van der Waals surface area contributed by atoms with Crippen LogP contribution >= 0.6 is 0 Å². The van der Waals surface area contributed by atoms with Crippen molar-refractivity contribution in [2.45, 2.75) is 33.0 Å². The van der Waals surface area contributed by atoms with Gasteiger partial charge in [0.2, 0.25) is 11.8 Å². The zero-order chi connectivity index (χ0) is 12.7. The highest BCUT2D eigenvalue weighted by atomic mass is 16.2. The summed E-state index contributed by atoms with van der Waals surface area (Å²) < 4.78 is 0. The van der Waals surface area contributed by atoms with Crippen molar-refractivity contribution >= 4 is 11.8 Å². The van der Waals surface area contributed by atoms with Gasteiger partial charge in [-0.3, -0.25) is 14.5 Å². The fraction of sp³-hybridized carbons (Fsp3) is 0.818. The first-order chi connectivity index (χ1) is 8.17. The van der Waals surface area contributed by atoms with Gasteiger partial charge in [0.05, 0.1) is 0 Å². The fourth-order valence-corrected chi connectivity index (χ4v) is 1.67. The zero-order valence-corrected chi connectivity index (χ0v) is 10.6. The molecule has 0 unspecified atom stereocenters. The average Bonchev–Trinajstić information content (AvgIpc) is 2.38. The van der Waals surface area contributed by atoms with Crippen molar-refractivity contribution in [3.05, 3.63) is 0 Å². The van der Waals surface area contributed by atoms with Crippen molar-refractivity contribution in [1.82, 2.24) is 20.9 Å². The van der Waals surface area contributed by atoms with Crippen LogP contribution in [0.2, 0.25) is 0 Å². The second-order valence-corrected chi connectivity index (χ2v) is 4.03. The Morgan fingerprint density at radius 3 is 2.00 bits per heavy atom. The number of rotatable bonds is 5. The first-order valence-corrected chi connectivity index (χ1v) is 6.20. The number of hydrogen-bond donors (Lipinski definition) is 3. The molecule has 0 spiro atoms. The molecule has 0 aromatic rings. The van der Waals surface area contributed by atoms with Crippen molar-refractivity contribution in [2.24, 2.45) is 0 Å². The topological polar surface area (TPSA) is 73.5 Å². The van der Waals surface area contributed by atoms with E-state index >= 15 is 0 Å². The minimum absolute atomic E-state index is 0.0510. The summed E-state index contributed by atoms with van der Waals surface area (Å²) in [4.78, 5) is 24.9. The van der Waals surface area contributed by atoms with Crippen molar-refractivity contribution in [3.63, 3.8) is 0 Å². The molecule has 6 heteroatoms. The van der Waals surface area contributed by atoms with Crippen LogP contribution in [0, 0.1) is 0 Å². The van der Waals surface area contributed by atoms with E-state index in [1.807, 2.05) is 0 Å². The van der Waals surface area contributed by atoms with Crippen LogP contribution in [0.25, 0.3) is 0 Å². The number of nitrogens with one attached hydrogen (secondary N) is 3. The predicted octanol–water partition coefficient (Wildman–Crippen LogP) is -0.772. The summed E-state index contributed by atoms with van der Waals surface area (Å²) in [6.45, 7) is 6.98. The fourth-order valence-electron chi connectivity index (χ4n) is 1.67. The molecule has 1 fully saturated rings. The Balaban J connectivity index is 2.56. The SMILES string of the molecule is CCC(=O)NC(NC(=O)CC)N1CCNCC1. The molecule has 98 valence electrons. The smallest absolute Gasteiger partial charge is 0.222 e. The van der Waals surface area contributed by atoms with E-state index in [4.69, 9.17) is 0 Å². The number of piperazine rings is 1. The number of nitrogens with zero attached hydrogens (tertiary/aromatic N) is 1. The molecule has 17 heavy (non-hydrogen) atoms. The monoisotopic (exact) mass is 242 g/mol. The van der Waals surface area contributed by atoms with Gasteiger partial charge in [0.1, 0.15) is 0 Å². The Hall–Kier alpha value is -1.14. The van der Waals surface area contributed by atoms with E-state index in [0.29, 0.717) is 12.8 Å². The van der Waals surface area contributed by atoms with Crippen molar-refractivity contribution in [3.8, 4) is 0 Å². The molecule has 1 aliphatic heterocycles.